The zero-order valence-electron chi connectivity index (χ0n) is 12.4. The van der Waals surface area contributed by atoms with Crippen LogP contribution in [0, 0.1) is 0 Å². The zero-order chi connectivity index (χ0) is 13.7. The number of hydrogen-bond donors (Lipinski definition) is 1. The van der Waals surface area contributed by atoms with Crippen LogP contribution in [0.1, 0.15) is 40.5 Å². The average Bonchev–Trinajstić information content (AvgIpc) is 2.35. The number of hydrogen-bond acceptors (Lipinski definition) is 3. The second-order valence-electron chi connectivity index (χ2n) is 5.04. The summed E-state index contributed by atoms with van der Waals surface area (Å²) in [5.41, 5.74) is 2.61. The first kappa shape index (κ1) is 14.8. The van der Waals surface area contributed by atoms with Crippen molar-refractivity contribution >= 4 is 0 Å². The highest BCUT2D eigenvalue weighted by Crippen LogP contribution is 2.26. The van der Waals surface area contributed by atoms with Gasteiger partial charge in [-0.15, -0.1) is 0 Å². The van der Waals surface area contributed by atoms with Crippen LogP contribution in [0.25, 0.3) is 0 Å². The molecular weight excluding hydrogens is 222 g/mol. The highest BCUT2D eigenvalue weighted by Gasteiger charge is 2.26. The molecule has 102 valence electrons. The van der Waals surface area contributed by atoms with E-state index in [4.69, 9.17) is 5.84 Å². The maximum absolute atomic E-state index is 6.24. The molecule has 1 aliphatic rings. The lowest BCUT2D eigenvalue weighted by molar-refractivity contribution is 0.238. The number of rotatable bonds is 5. The smallest absolute Gasteiger partial charge is 0.0908 e. The highest BCUT2D eigenvalue weighted by atomic mass is 15.4. The first-order chi connectivity index (χ1) is 8.52. The first-order valence-corrected chi connectivity index (χ1v) is 6.86. The minimum absolute atomic E-state index is 0.271. The van der Waals surface area contributed by atoms with Gasteiger partial charge in [0.15, 0.2) is 0 Å². The van der Waals surface area contributed by atoms with Gasteiger partial charge in [0, 0.05) is 13.1 Å². The molecule has 0 saturated heterocycles. The van der Waals surface area contributed by atoms with Crippen molar-refractivity contribution in [3.8, 4) is 0 Å². The summed E-state index contributed by atoms with van der Waals surface area (Å²) in [6.07, 6.45) is 10.7. The largest absolute Gasteiger partial charge is 0.368 e. The van der Waals surface area contributed by atoms with Crippen molar-refractivity contribution in [2.45, 2.75) is 52.6 Å². The Morgan fingerprint density at radius 2 is 2.17 bits per heavy atom. The van der Waals surface area contributed by atoms with Gasteiger partial charge in [-0.2, -0.15) is 0 Å². The fraction of sp³-hybridized carbons (Fsp3) is 0.600. The highest BCUT2D eigenvalue weighted by molar-refractivity contribution is 5.32. The Balaban J connectivity index is 3.09. The Morgan fingerprint density at radius 3 is 2.67 bits per heavy atom. The molecule has 3 heteroatoms. The summed E-state index contributed by atoms with van der Waals surface area (Å²) in [4.78, 5) is 2.24. The monoisotopic (exact) mass is 249 g/mol. The average molecular weight is 249 g/mol. The Labute approximate surface area is 112 Å². The van der Waals surface area contributed by atoms with Gasteiger partial charge in [0.1, 0.15) is 0 Å². The van der Waals surface area contributed by atoms with Crippen LogP contribution in [-0.4, -0.2) is 29.0 Å². The van der Waals surface area contributed by atoms with E-state index in [2.05, 4.69) is 64.1 Å². The topological polar surface area (TPSA) is 32.5 Å². The molecule has 0 aromatic heterocycles. The predicted molar refractivity (Wildman–Crippen MR) is 78.6 cm³/mol. The van der Waals surface area contributed by atoms with E-state index in [-0.39, 0.29) is 6.04 Å². The van der Waals surface area contributed by atoms with Gasteiger partial charge in [0.05, 0.1) is 11.7 Å². The number of nitrogens with two attached hydrogens (primary N) is 1. The lowest BCUT2D eigenvalue weighted by atomic mass is 9.96. The molecule has 18 heavy (non-hydrogen) atoms. The maximum atomic E-state index is 6.24. The van der Waals surface area contributed by atoms with Crippen molar-refractivity contribution in [1.29, 1.82) is 0 Å². The van der Waals surface area contributed by atoms with Crippen molar-refractivity contribution in [1.82, 2.24) is 9.91 Å². The van der Waals surface area contributed by atoms with E-state index in [0.717, 1.165) is 12.8 Å². The van der Waals surface area contributed by atoms with E-state index in [9.17, 15) is 0 Å². The van der Waals surface area contributed by atoms with E-state index in [1.807, 2.05) is 5.01 Å². The molecule has 3 nitrogen and oxygen atoms in total. The van der Waals surface area contributed by atoms with Crippen molar-refractivity contribution < 1.29 is 0 Å². The van der Waals surface area contributed by atoms with Gasteiger partial charge in [-0.05, 0) is 44.5 Å². The van der Waals surface area contributed by atoms with Crippen LogP contribution in [0.15, 0.2) is 35.7 Å². The molecule has 0 radical (unpaired) electrons. The Hall–Kier alpha value is -1.22. The summed E-state index contributed by atoms with van der Waals surface area (Å²) in [5.74, 6) is 6.24. The van der Waals surface area contributed by atoms with Gasteiger partial charge in [-0.1, -0.05) is 26.0 Å². The molecule has 2 N–H and O–H groups in total. The molecule has 1 heterocycles. The van der Waals surface area contributed by atoms with Gasteiger partial charge in [0.2, 0.25) is 0 Å². The van der Waals surface area contributed by atoms with Crippen molar-refractivity contribution in [3.05, 3.63) is 35.7 Å². The molecule has 0 aromatic carbocycles. The minimum Gasteiger partial charge on any atom is -0.368 e. The van der Waals surface area contributed by atoms with Crippen LogP contribution in [0.4, 0.5) is 0 Å². The van der Waals surface area contributed by atoms with Gasteiger partial charge in [-0.25, -0.2) is 5.84 Å². The maximum Gasteiger partial charge on any atom is 0.0908 e. The van der Waals surface area contributed by atoms with Gasteiger partial charge in [0.25, 0.3) is 0 Å². The Kier molecular flexibility index (Phi) is 5.48. The molecule has 0 spiro atoms. The molecule has 0 amide bonds. The number of hydrazine groups is 1. The summed E-state index contributed by atoms with van der Waals surface area (Å²) in [7, 11) is 2.11. The molecular formula is C15H27N3. The lowest BCUT2D eigenvalue weighted by Gasteiger charge is -2.38. The van der Waals surface area contributed by atoms with E-state index in [1.54, 1.807) is 0 Å². The number of likely N-dealkylation sites (N-methyl/N-ethyl adjacent to an activating group) is 1. The van der Waals surface area contributed by atoms with E-state index >= 15 is 0 Å². The molecule has 1 aliphatic heterocycles. The summed E-state index contributed by atoms with van der Waals surface area (Å²) in [6, 6.07) is 0.576. The van der Waals surface area contributed by atoms with E-state index < -0.39 is 0 Å². The van der Waals surface area contributed by atoms with Crippen LogP contribution in [0.3, 0.4) is 0 Å². The minimum atomic E-state index is 0.271. The van der Waals surface area contributed by atoms with Gasteiger partial charge in [-0.3, -0.25) is 0 Å². The van der Waals surface area contributed by atoms with E-state index in [1.165, 1.54) is 11.3 Å². The van der Waals surface area contributed by atoms with E-state index in [0.29, 0.717) is 6.04 Å². The van der Waals surface area contributed by atoms with Crippen LogP contribution < -0.4 is 5.84 Å². The third kappa shape index (κ3) is 3.16. The quantitative estimate of drug-likeness (QED) is 0.600. The first-order valence-electron chi connectivity index (χ1n) is 6.86. The van der Waals surface area contributed by atoms with Gasteiger partial charge < -0.3 is 9.91 Å². The molecule has 1 atom stereocenters. The Morgan fingerprint density at radius 1 is 1.50 bits per heavy atom. The second-order valence-corrected chi connectivity index (χ2v) is 5.04. The molecule has 0 bridgehead atoms. The molecule has 0 saturated carbocycles. The number of allylic oxidation sites excluding steroid dienone is 3. The summed E-state index contributed by atoms with van der Waals surface area (Å²) >= 11 is 0. The van der Waals surface area contributed by atoms with Crippen molar-refractivity contribution in [2.24, 2.45) is 5.84 Å². The SMILES string of the molecule is CC/C=C(/C1C(CC)=CC=CN1C)N(N)C(C)C. The summed E-state index contributed by atoms with van der Waals surface area (Å²) < 4.78 is 0. The fourth-order valence-electron chi connectivity index (χ4n) is 2.32. The summed E-state index contributed by atoms with van der Waals surface area (Å²) in [6.45, 7) is 8.60. The Bertz CT molecular complexity index is 353. The van der Waals surface area contributed by atoms with Crippen LogP contribution in [0.2, 0.25) is 0 Å². The lowest BCUT2D eigenvalue weighted by Crippen LogP contribution is -2.46. The molecule has 0 aromatic rings. The predicted octanol–water partition coefficient (Wildman–Crippen LogP) is 3.03. The van der Waals surface area contributed by atoms with Gasteiger partial charge >= 0.3 is 0 Å². The third-order valence-electron chi connectivity index (χ3n) is 3.35. The fourth-order valence-corrected chi connectivity index (χ4v) is 2.32. The zero-order valence-corrected chi connectivity index (χ0v) is 12.4. The third-order valence-corrected chi connectivity index (χ3v) is 3.35. The van der Waals surface area contributed by atoms with Crippen LogP contribution in [0.5, 0.6) is 0 Å². The van der Waals surface area contributed by atoms with Crippen molar-refractivity contribution in [3.63, 3.8) is 0 Å². The van der Waals surface area contributed by atoms with Crippen LogP contribution in [-0.2, 0) is 0 Å². The molecule has 0 fully saturated rings. The molecule has 1 unspecified atom stereocenters. The van der Waals surface area contributed by atoms with Crippen LogP contribution >= 0.6 is 0 Å². The normalized spacial score (nSPS) is 20.4. The number of nitrogens with zero attached hydrogens (tertiary/aromatic N) is 2. The summed E-state index contributed by atoms with van der Waals surface area (Å²) in [5, 5.41) is 1.90. The second kappa shape index (κ2) is 6.64. The molecule has 1 rings (SSSR count). The molecule has 0 aliphatic carbocycles. The van der Waals surface area contributed by atoms with Crippen molar-refractivity contribution in [2.75, 3.05) is 7.05 Å². The standard InChI is InChI=1S/C15H27N3/c1-6-9-14(18(16)12(3)4)15-13(7-2)10-8-11-17(15)5/h8-12,15H,6-7,16H2,1-5H3/b14-9-.